The van der Waals surface area contributed by atoms with Gasteiger partial charge in [0.25, 0.3) is 0 Å². The summed E-state index contributed by atoms with van der Waals surface area (Å²) in [7, 11) is -2.95. The molecule has 1 aromatic rings. The number of aryl methyl sites for hydroxylation is 1. The highest BCUT2D eigenvalue weighted by molar-refractivity contribution is 8.00. The molecule has 0 bridgehead atoms. The Hall–Kier alpha value is -0.810. The van der Waals surface area contributed by atoms with Crippen molar-refractivity contribution in [2.24, 2.45) is 0 Å². The molecule has 0 unspecified atom stereocenters. The number of sulfone groups is 1. The van der Waals surface area contributed by atoms with Crippen molar-refractivity contribution in [3.05, 3.63) is 29.8 Å². The molecular formula is C13H18O3S2. The van der Waals surface area contributed by atoms with Crippen LogP contribution in [-0.2, 0) is 14.6 Å². The lowest BCUT2D eigenvalue weighted by atomic mass is 10.2. The van der Waals surface area contributed by atoms with Gasteiger partial charge in [0.15, 0.2) is 0 Å². The first-order valence-corrected chi connectivity index (χ1v) is 8.80. The summed E-state index contributed by atoms with van der Waals surface area (Å²) in [6, 6.07) is 7.99. The first-order valence-electron chi connectivity index (χ1n) is 5.76. The van der Waals surface area contributed by atoms with E-state index in [-0.39, 0.29) is 11.5 Å². The van der Waals surface area contributed by atoms with Crippen LogP contribution in [0, 0.1) is 6.92 Å². The zero-order valence-corrected chi connectivity index (χ0v) is 12.3. The molecule has 0 aliphatic rings. The molecule has 0 N–H and O–H groups in total. The molecule has 3 nitrogen and oxygen atoms in total. The van der Waals surface area contributed by atoms with E-state index >= 15 is 0 Å². The van der Waals surface area contributed by atoms with Gasteiger partial charge in [-0.2, -0.15) is 0 Å². The number of carbonyl (C=O) groups is 1. The van der Waals surface area contributed by atoms with Crippen LogP contribution in [0.2, 0.25) is 0 Å². The Balaban J connectivity index is 2.29. The molecule has 5 heteroatoms. The molecule has 0 aromatic heterocycles. The van der Waals surface area contributed by atoms with Crippen LogP contribution in [0.25, 0.3) is 0 Å². The predicted molar refractivity (Wildman–Crippen MR) is 75.9 cm³/mol. The van der Waals surface area contributed by atoms with E-state index in [1.165, 1.54) is 23.6 Å². The number of ketones is 1. The minimum atomic E-state index is -2.95. The topological polar surface area (TPSA) is 51.2 Å². The van der Waals surface area contributed by atoms with E-state index in [2.05, 4.69) is 0 Å². The standard InChI is InChI=1S/C13H18O3S2/c1-11-5-3-7-13(9-11)17-10-12(14)6-4-8-18(2,15)16/h3,5,7,9H,4,6,8,10H2,1-2H3. The maximum absolute atomic E-state index is 11.6. The third-order valence-electron chi connectivity index (χ3n) is 2.36. The third-order valence-corrected chi connectivity index (χ3v) is 4.44. The first kappa shape index (κ1) is 15.2. The number of hydrogen-bond acceptors (Lipinski definition) is 4. The van der Waals surface area contributed by atoms with Crippen molar-refractivity contribution in [2.45, 2.75) is 24.7 Å². The second-order valence-corrected chi connectivity index (χ2v) is 7.69. The highest BCUT2D eigenvalue weighted by atomic mass is 32.2. The van der Waals surface area contributed by atoms with E-state index in [1.54, 1.807) is 0 Å². The summed E-state index contributed by atoms with van der Waals surface area (Å²) in [6.45, 7) is 2.01. The van der Waals surface area contributed by atoms with Gasteiger partial charge in [0, 0.05) is 17.6 Å². The number of benzene rings is 1. The van der Waals surface area contributed by atoms with Crippen LogP contribution in [0.1, 0.15) is 18.4 Å². The lowest BCUT2D eigenvalue weighted by molar-refractivity contribution is -0.116. The molecule has 0 aliphatic heterocycles. The Kier molecular flexibility index (Phi) is 5.88. The van der Waals surface area contributed by atoms with Gasteiger partial charge in [-0.15, -0.1) is 11.8 Å². The fourth-order valence-corrected chi connectivity index (χ4v) is 3.06. The van der Waals surface area contributed by atoms with Gasteiger partial charge >= 0.3 is 0 Å². The summed E-state index contributed by atoms with van der Waals surface area (Å²) < 4.78 is 21.8. The fraction of sp³-hybridized carbons (Fsp3) is 0.462. The summed E-state index contributed by atoms with van der Waals surface area (Å²) in [5.41, 5.74) is 1.17. The van der Waals surface area contributed by atoms with Crippen LogP contribution in [0.5, 0.6) is 0 Å². The highest BCUT2D eigenvalue weighted by Crippen LogP contribution is 2.19. The molecule has 0 spiro atoms. The Bertz CT molecular complexity index is 507. The van der Waals surface area contributed by atoms with Gasteiger partial charge in [0.2, 0.25) is 0 Å². The molecule has 1 rings (SSSR count). The van der Waals surface area contributed by atoms with Gasteiger partial charge in [-0.05, 0) is 25.5 Å². The Morgan fingerprint density at radius 2 is 2.06 bits per heavy atom. The Morgan fingerprint density at radius 1 is 1.33 bits per heavy atom. The lowest BCUT2D eigenvalue weighted by Crippen LogP contribution is -2.07. The van der Waals surface area contributed by atoms with E-state index in [4.69, 9.17) is 0 Å². The normalized spacial score (nSPS) is 11.4. The molecule has 0 atom stereocenters. The van der Waals surface area contributed by atoms with Crippen LogP contribution < -0.4 is 0 Å². The van der Waals surface area contributed by atoms with E-state index in [0.717, 1.165) is 4.90 Å². The SMILES string of the molecule is Cc1cccc(SCC(=O)CCCS(C)(=O)=O)c1. The van der Waals surface area contributed by atoms with Gasteiger partial charge in [-0.25, -0.2) is 8.42 Å². The lowest BCUT2D eigenvalue weighted by Gasteiger charge is -2.02. The van der Waals surface area contributed by atoms with Gasteiger partial charge in [-0.3, -0.25) is 4.79 Å². The highest BCUT2D eigenvalue weighted by Gasteiger charge is 2.07. The molecule has 0 fully saturated rings. The number of thioether (sulfide) groups is 1. The van der Waals surface area contributed by atoms with E-state index in [9.17, 15) is 13.2 Å². The van der Waals surface area contributed by atoms with Crippen molar-refractivity contribution in [2.75, 3.05) is 17.8 Å². The van der Waals surface area contributed by atoms with Crippen molar-refractivity contribution in [3.63, 3.8) is 0 Å². The molecule has 0 saturated heterocycles. The van der Waals surface area contributed by atoms with Crippen LogP contribution >= 0.6 is 11.8 Å². The van der Waals surface area contributed by atoms with Crippen molar-refractivity contribution in [3.8, 4) is 0 Å². The summed E-state index contributed by atoms with van der Waals surface area (Å²) in [5.74, 6) is 0.603. The van der Waals surface area contributed by atoms with Crippen LogP contribution in [0.4, 0.5) is 0 Å². The number of hydrogen-bond donors (Lipinski definition) is 0. The molecule has 0 amide bonds. The zero-order chi connectivity index (χ0) is 13.6. The van der Waals surface area contributed by atoms with Crippen LogP contribution in [0.15, 0.2) is 29.2 Å². The van der Waals surface area contributed by atoms with Gasteiger partial charge in [0.1, 0.15) is 15.6 Å². The van der Waals surface area contributed by atoms with Gasteiger partial charge < -0.3 is 0 Å². The molecular weight excluding hydrogens is 268 g/mol. The van der Waals surface area contributed by atoms with E-state index in [0.29, 0.717) is 18.6 Å². The number of rotatable bonds is 7. The Morgan fingerprint density at radius 3 is 2.67 bits per heavy atom. The Labute approximate surface area is 113 Å². The molecule has 100 valence electrons. The summed E-state index contributed by atoms with van der Waals surface area (Å²) in [4.78, 5) is 12.6. The third kappa shape index (κ3) is 6.81. The fourth-order valence-electron chi connectivity index (χ4n) is 1.47. The van der Waals surface area contributed by atoms with Crippen molar-refractivity contribution < 1.29 is 13.2 Å². The smallest absolute Gasteiger partial charge is 0.147 e. The van der Waals surface area contributed by atoms with Crippen molar-refractivity contribution >= 4 is 27.4 Å². The van der Waals surface area contributed by atoms with Crippen molar-refractivity contribution in [1.82, 2.24) is 0 Å². The van der Waals surface area contributed by atoms with Gasteiger partial charge in [-0.1, -0.05) is 17.7 Å². The number of carbonyl (C=O) groups excluding carboxylic acids is 1. The maximum atomic E-state index is 11.6. The van der Waals surface area contributed by atoms with Crippen molar-refractivity contribution in [1.29, 1.82) is 0 Å². The predicted octanol–water partition coefficient (Wildman–Crippen LogP) is 2.48. The second-order valence-electron chi connectivity index (χ2n) is 4.38. The van der Waals surface area contributed by atoms with E-state index in [1.807, 2.05) is 31.2 Å². The maximum Gasteiger partial charge on any atom is 0.147 e. The average Bonchev–Trinajstić information content (AvgIpc) is 2.25. The quantitative estimate of drug-likeness (QED) is 0.723. The molecule has 1 aromatic carbocycles. The zero-order valence-electron chi connectivity index (χ0n) is 10.7. The first-order chi connectivity index (χ1) is 8.37. The molecule has 18 heavy (non-hydrogen) atoms. The monoisotopic (exact) mass is 286 g/mol. The number of Topliss-reactive ketones (excluding diaryl/α,β-unsaturated/α-hetero) is 1. The minimum absolute atomic E-state index is 0.0911. The minimum Gasteiger partial charge on any atom is -0.299 e. The largest absolute Gasteiger partial charge is 0.299 e. The molecule has 0 heterocycles. The second kappa shape index (κ2) is 6.95. The summed E-state index contributed by atoms with van der Waals surface area (Å²) >= 11 is 1.50. The van der Waals surface area contributed by atoms with Crippen LogP contribution in [-0.4, -0.2) is 32.0 Å². The molecule has 0 saturated carbocycles. The molecule has 0 aliphatic carbocycles. The van der Waals surface area contributed by atoms with Gasteiger partial charge in [0.05, 0.1) is 11.5 Å². The van der Waals surface area contributed by atoms with E-state index < -0.39 is 9.84 Å². The average molecular weight is 286 g/mol. The molecule has 0 radical (unpaired) electrons. The summed E-state index contributed by atoms with van der Waals surface area (Å²) in [6.07, 6.45) is 1.96. The van der Waals surface area contributed by atoms with Crippen LogP contribution in [0.3, 0.4) is 0 Å². The summed E-state index contributed by atoms with van der Waals surface area (Å²) in [5, 5.41) is 0.